The smallest absolute Gasteiger partial charge is 0.250 e. The van der Waals surface area contributed by atoms with Gasteiger partial charge < -0.3 is 11.5 Å². The SMILES string of the molecule is CC[C@@H](NN(c1ccc(C(N)=O)cn1)c1ccc2c(cnn2C)c1F)[C@H](C)N. The molecule has 8 nitrogen and oxygen atoms in total. The molecule has 1 amide bonds. The monoisotopic (exact) mass is 385 g/mol. The zero-order valence-electron chi connectivity index (χ0n) is 16.1. The van der Waals surface area contributed by atoms with Crippen molar-refractivity contribution in [1.29, 1.82) is 0 Å². The molecule has 0 fully saturated rings. The number of nitrogens with one attached hydrogen (secondary N) is 1. The highest BCUT2D eigenvalue weighted by Gasteiger charge is 2.23. The highest BCUT2D eigenvalue weighted by Crippen LogP contribution is 2.30. The lowest BCUT2D eigenvalue weighted by molar-refractivity contribution is 0.1000. The molecular weight excluding hydrogens is 361 g/mol. The van der Waals surface area contributed by atoms with Crippen molar-refractivity contribution in [2.45, 2.75) is 32.4 Å². The fraction of sp³-hybridized carbons (Fsp3) is 0.316. The van der Waals surface area contributed by atoms with Crippen LogP contribution < -0.4 is 21.9 Å². The molecule has 0 unspecified atom stereocenters. The molecule has 0 saturated heterocycles. The summed E-state index contributed by atoms with van der Waals surface area (Å²) in [6.45, 7) is 3.87. The highest BCUT2D eigenvalue weighted by molar-refractivity contribution is 5.92. The molecule has 148 valence electrons. The van der Waals surface area contributed by atoms with E-state index >= 15 is 4.39 Å². The number of nitrogens with zero attached hydrogens (tertiary/aromatic N) is 4. The summed E-state index contributed by atoms with van der Waals surface area (Å²) in [6, 6.07) is 6.30. The van der Waals surface area contributed by atoms with Crippen molar-refractivity contribution in [3.8, 4) is 0 Å². The van der Waals surface area contributed by atoms with Gasteiger partial charge in [0.05, 0.1) is 28.4 Å². The quantitative estimate of drug-likeness (QED) is 0.536. The number of amides is 1. The van der Waals surface area contributed by atoms with Crippen LogP contribution in [0.1, 0.15) is 30.6 Å². The normalized spacial score (nSPS) is 13.5. The van der Waals surface area contributed by atoms with Crippen LogP contribution in [0.5, 0.6) is 0 Å². The largest absolute Gasteiger partial charge is 0.366 e. The number of pyridine rings is 1. The second kappa shape index (κ2) is 7.91. The van der Waals surface area contributed by atoms with Crippen LogP contribution in [0.3, 0.4) is 0 Å². The molecule has 0 bridgehead atoms. The first-order valence-electron chi connectivity index (χ1n) is 9.01. The van der Waals surface area contributed by atoms with Gasteiger partial charge in [-0.3, -0.25) is 14.5 Å². The molecule has 2 atom stereocenters. The third-order valence-corrected chi connectivity index (χ3v) is 4.72. The second-order valence-corrected chi connectivity index (χ2v) is 6.71. The molecule has 0 radical (unpaired) electrons. The summed E-state index contributed by atoms with van der Waals surface area (Å²) in [7, 11) is 1.75. The van der Waals surface area contributed by atoms with Crippen LogP contribution in [0, 0.1) is 5.82 Å². The molecule has 3 rings (SSSR count). The Morgan fingerprint density at radius 2 is 2.07 bits per heavy atom. The average Bonchev–Trinajstić information content (AvgIpc) is 3.05. The van der Waals surface area contributed by atoms with Crippen LogP contribution in [0.15, 0.2) is 36.7 Å². The number of nitrogens with two attached hydrogens (primary N) is 2. The van der Waals surface area contributed by atoms with Gasteiger partial charge in [-0.25, -0.2) is 14.8 Å². The number of carbonyl (C=O) groups is 1. The topological polar surface area (TPSA) is 115 Å². The molecule has 28 heavy (non-hydrogen) atoms. The average molecular weight is 385 g/mol. The molecule has 2 aromatic heterocycles. The number of aromatic nitrogens is 3. The minimum Gasteiger partial charge on any atom is -0.366 e. The fourth-order valence-electron chi connectivity index (χ4n) is 3.03. The molecular formula is C19H24FN7O. The van der Waals surface area contributed by atoms with E-state index in [0.29, 0.717) is 16.7 Å². The number of hydrogen-bond donors (Lipinski definition) is 3. The Morgan fingerprint density at radius 3 is 2.64 bits per heavy atom. The van der Waals surface area contributed by atoms with E-state index in [4.69, 9.17) is 11.5 Å². The Hall–Kier alpha value is -3.04. The van der Waals surface area contributed by atoms with Crippen molar-refractivity contribution >= 4 is 28.3 Å². The minimum atomic E-state index is -0.580. The van der Waals surface area contributed by atoms with E-state index in [2.05, 4.69) is 15.5 Å². The molecule has 0 aliphatic carbocycles. The van der Waals surface area contributed by atoms with Crippen LogP contribution in [-0.4, -0.2) is 32.8 Å². The molecule has 1 aromatic carbocycles. The number of carbonyl (C=O) groups excluding carboxylic acids is 1. The summed E-state index contributed by atoms with van der Waals surface area (Å²) in [5.74, 6) is -0.604. The number of primary amides is 1. The maximum Gasteiger partial charge on any atom is 0.250 e. The zero-order valence-corrected chi connectivity index (χ0v) is 16.1. The lowest BCUT2D eigenvalue weighted by Gasteiger charge is -2.31. The molecule has 5 N–H and O–H groups in total. The van der Waals surface area contributed by atoms with Gasteiger partial charge in [-0.2, -0.15) is 5.10 Å². The van der Waals surface area contributed by atoms with Gasteiger partial charge in [0, 0.05) is 25.3 Å². The number of anilines is 2. The first-order chi connectivity index (χ1) is 13.3. The number of hydrogen-bond acceptors (Lipinski definition) is 6. The van der Waals surface area contributed by atoms with Gasteiger partial charge in [0.25, 0.3) is 0 Å². The van der Waals surface area contributed by atoms with E-state index < -0.39 is 11.7 Å². The standard InChI is InChI=1S/C19H24FN7O/c1-4-14(11(2)21)25-27(17-8-5-12(9-23-17)19(22)28)16-7-6-15-13(18(16)20)10-24-26(15)3/h5-11,14,25H,4,21H2,1-3H3,(H2,22,28)/t11-,14+/m0/s1. The molecule has 0 aliphatic heterocycles. The van der Waals surface area contributed by atoms with Crippen LogP contribution in [0.25, 0.3) is 10.9 Å². The van der Waals surface area contributed by atoms with E-state index in [1.54, 1.807) is 41.0 Å². The number of aryl methyl sites for hydroxylation is 1. The van der Waals surface area contributed by atoms with Crippen molar-refractivity contribution in [3.63, 3.8) is 0 Å². The Kier molecular flexibility index (Phi) is 5.57. The Balaban J connectivity index is 2.10. The van der Waals surface area contributed by atoms with Crippen LogP contribution in [0.4, 0.5) is 15.9 Å². The number of benzene rings is 1. The maximum absolute atomic E-state index is 15.3. The molecule has 0 spiro atoms. The highest BCUT2D eigenvalue weighted by atomic mass is 19.1. The Morgan fingerprint density at radius 1 is 1.32 bits per heavy atom. The predicted molar refractivity (Wildman–Crippen MR) is 106 cm³/mol. The zero-order chi connectivity index (χ0) is 20.4. The third kappa shape index (κ3) is 3.67. The van der Waals surface area contributed by atoms with Gasteiger partial charge in [-0.1, -0.05) is 6.92 Å². The number of halogens is 1. The second-order valence-electron chi connectivity index (χ2n) is 6.71. The van der Waals surface area contributed by atoms with Gasteiger partial charge in [-0.15, -0.1) is 0 Å². The van der Waals surface area contributed by atoms with E-state index in [0.717, 1.165) is 6.42 Å². The Labute approximate surface area is 162 Å². The molecule has 9 heteroatoms. The molecule has 0 aliphatic rings. The van der Waals surface area contributed by atoms with Gasteiger partial charge in [0.1, 0.15) is 5.82 Å². The van der Waals surface area contributed by atoms with Crippen molar-refractivity contribution in [3.05, 3.63) is 48.0 Å². The molecule has 2 heterocycles. The number of hydrazine groups is 1. The van der Waals surface area contributed by atoms with Gasteiger partial charge >= 0.3 is 0 Å². The van der Waals surface area contributed by atoms with Gasteiger partial charge in [0.15, 0.2) is 5.82 Å². The van der Waals surface area contributed by atoms with Crippen LogP contribution in [0.2, 0.25) is 0 Å². The van der Waals surface area contributed by atoms with Crippen molar-refractivity contribution in [1.82, 2.24) is 20.2 Å². The summed E-state index contributed by atoms with van der Waals surface area (Å²) >= 11 is 0. The number of rotatable bonds is 7. The molecule has 0 saturated carbocycles. The van der Waals surface area contributed by atoms with Crippen LogP contribution in [-0.2, 0) is 7.05 Å². The number of fused-ring (bicyclic) bond motifs is 1. The summed E-state index contributed by atoms with van der Waals surface area (Å²) in [5.41, 5.74) is 15.8. The van der Waals surface area contributed by atoms with Crippen molar-refractivity contribution in [2.24, 2.45) is 18.5 Å². The van der Waals surface area contributed by atoms with E-state index in [1.165, 1.54) is 12.4 Å². The minimum absolute atomic E-state index is 0.124. The summed E-state index contributed by atoms with van der Waals surface area (Å²) in [5, 5.41) is 6.06. The van der Waals surface area contributed by atoms with Gasteiger partial charge in [0.2, 0.25) is 5.91 Å². The Bertz CT molecular complexity index is 984. The van der Waals surface area contributed by atoms with Gasteiger partial charge in [-0.05, 0) is 37.6 Å². The predicted octanol–water partition coefficient (Wildman–Crippen LogP) is 1.97. The lowest BCUT2D eigenvalue weighted by Crippen LogP contribution is -2.50. The van der Waals surface area contributed by atoms with E-state index in [-0.39, 0.29) is 23.3 Å². The first kappa shape index (κ1) is 19.7. The van der Waals surface area contributed by atoms with E-state index in [9.17, 15) is 4.79 Å². The van der Waals surface area contributed by atoms with E-state index in [1.807, 2.05) is 13.8 Å². The first-order valence-corrected chi connectivity index (χ1v) is 9.01. The summed E-state index contributed by atoms with van der Waals surface area (Å²) < 4.78 is 16.9. The lowest BCUT2D eigenvalue weighted by atomic mass is 10.1. The fourth-order valence-corrected chi connectivity index (χ4v) is 3.03. The summed E-state index contributed by atoms with van der Waals surface area (Å²) in [6.07, 6.45) is 3.57. The third-order valence-electron chi connectivity index (χ3n) is 4.72. The maximum atomic E-state index is 15.3. The molecule has 3 aromatic rings. The van der Waals surface area contributed by atoms with Crippen LogP contribution >= 0.6 is 0 Å². The summed E-state index contributed by atoms with van der Waals surface area (Å²) in [4.78, 5) is 15.6. The van der Waals surface area contributed by atoms with Crippen molar-refractivity contribution < 1.29 is 9.18 Å². The van der Waals surface area contributed by atoms with Crippen molar-refractivity contribution in [2.75, 3.05) is 5.01 Å².